The quantitative estimate of drug-likeness (QED) is 0.812. The first-order chi connectivity index (χ1) is 9.19. The van der Waals surface area contributed by atoms with E-state index in [9.17, 15) is 4.79 Å². The molecule has 4 heteroatoms. The molecule has 0 aliphatic rings. The minimum Gasteiger partial charge on any atom is -0.356 e. The number of nitrogens with one attached hydrogen (secondary N) is 1. The average molecular weight is 270 g/mol. The number of benzene rings is 2. The van der Waals surface area contributed by atoms with Gasteiger partial charge in [-0.15, -0.1) is 0 Å². The van der Waals surface area contributed by atoms with Gasteiger partial charge in [-0.3, -0.25) is 4.79 Å². The highest BCUT2D eigenvalue weighted by Gasteiger charge is 2.37. The molecule has 2 aromatic carbocycles. The minimum absolute atomic E-state index is 0.457. The van der Waals surface area contributed by atoms with E-state index in [1.807, 2.05) is 36.4 Å². The number of hydrogen-bond donors (Lipinski definition) is 2. The van der Waals surface area contributed by atoms with Gasteiger partial charge in [-0.1, -0.05) is 67.6 Å². The van der Waals surface area contributed by atoms with Crippen LogP contribution in [0.3, 0.4) is 0 Å². The summed E-state index contributed by atoms with van der Waals surface area (Å²) in [5, 5.41) is 2.34. The van der Waals surface area contributed by atoms with Crippen molar-refractivity contribution in [2.24, 2.45) is 5.73 Å². The molecule has 0 fully saturated rings. The van der Waals surface area contributed by atoms with E-state index in [1.165, 1.54) is 10.4 Å². The maximum atomic E-state index is 11.5. The Balaban J connectivity index is 2.58. The summed E-state index contributed by atoms with van der Waals surface area (Å²) < 4.78 is 0. The highest BCUT2D eigenvalue weighted by molar-refractivity contribution is 7.01. The summed E-state index contributed by atoms with van der Waals surface area (Å²) in [7, 11) is -2.31. The van der Waals surface area contributed by atoms with Crippen molar-refractivity contribution in [1.82, 2.24) is 4.98 Å². The molecule has 0 unspecified atom stereocenters. The number of amides is 2. The monoisotopic (exact) mass is 270 g/mol. The van der Waals surface area contributed by atoms with Gasteiger partial charge in [-0.2, -0.15) is 0 Å². The van der Waals surface area contributed by atoms with Crippen molar-refractivity contribution in [2.75, 3.05) is 0 Å². The summed E-state index contributed by atoms with van der Waals surface area (Å²) in [6, 6.07) is 20.6. The van der Waals surface area contributed by atoms with Gasteiger partial charge in [0.2, 0.25) is 8.24 Å². The van der Waals surface area contributed by atoms with Crippen LogP contribution >= 0.6 is 0 Å². The van der Waals surface area contributed by atoms with Crippen LogP contribution in [0.5, 0.6) is 0 Å². The van der Waals surface area contributed by atoms with Gasteiger partial charge in [0, 0.05) is 0 Å². The van der Waals surface area contributed by atoms with Crippen molar-refractivity contribution in [3.8, 4) is 0 Å². The normalized spacial score (nSPS) is 11.0. The van der Waals surface area contributed by atoms with Crippen molar-refractivity contribution in [3.63, 3.8) is 0 Å². The zero-order valence-corrected chi connectivity index (χ0v) is 12.0. The van der Waals surface area contributed by atoms with Gasteiger partial charge in [-0.25, -0.2) is 0 Å². The van der Waals surface area contributed by atoms with E-state index in [0.717, 1.165) is 6.04 Å². The Bertz CT molecular complexity index is 503. The molecule has 0 heterocycles. The molecule has 0 saturated heterocycles. The lowest BCUT2D eigenvalue weighted by Gasteiger charge is -2.31. The summed E-state index contributed by atoms with van der Waals surface area (Å²) in [6.45, 7) is 2.10. The maximum absolute atomic E-state index is 11.5. The largest absolute Gasteiger partial charge is 0.356 e. The Kier molecular flexibility index (Phi) is 4.02. The van der Waals surface area contributed by atoms with Crippen molar-refractivity contribution < 1.29 is 4.79 Å². The van der Waals surface area contributed by atoms with Crippen LogP contribution in [0.25, 0.3) is 0 Å². The highest BCUT2D eigenvalue weighted by Crippen LogP contribution is 2.07. The molecular weight excluding hydrogens is 252 g/mol. The van der Waals surface area contributed by atoms with E-state index in [4.69, 9.17) is 5.73 Å². The van der Waals surface area contributed by atoms with Crippen molar-refractivity contribution in [3.05, 3.63) is 60.7 Å². The molecule has 0 spiro atoms. The molecule has 19 heavy (non-hydrogen) atoms. The smallest absolute Gasteiger partial charge is 0.304 e. The van der Waals surface area contributed by atoms with E-state index in [-0.39, 0.29) is 0 Å². The Morgan fingerprint density at radius 3 is 1.74 bits per heavy atom. The maximum Gasteiger partial charge on any atom is 0.304 e. The van der Waals surface area contributed by atoms with Gasteiger partial charge in [-0.05, 0) is 16.4 Å². The predicted octanol–water partition coefficient (Wildman–Crippen LogP) is 1.43. The molecule has 2 rings (SSSR count). The highest BCUT2D eigenvalue weighted by atomic mass is 28.3. The number of carbonyl (C=O) groups excluding carboxylic acids is 1. The van der Waals surface area contributed by atoms with Gasteiger partial charge >= 0.3 is 6.03 Å². The molecule has 0 bridgehead atoms. The van der Waals surface area contributed by atoms with Gasteiger partial charge in [0.1, 0.15) is 0 Å². The number of urea groups is 1. The van der Waals surface area contributed by atoms with Crippen LogP contribution in [0.15, 0.2) is 60.7 Å². The van der Waals surface area contributed by atoms with E-state index < -0.39 is 14.3 Å². The molecule has 0 aromatic heterocycles. The lowest BCUT2D eigenvalue weighted by atomic mass is 10.4. The fourth-order valence-corrected chi connectivity index (χ4v) is 6.02. The predicted molar refractivity (Wildman–Crippen MR) is 81.1 cm³/mol. The molecule has 3 N–H and O–H groups in total. The first kappa shape index (κ1) is 13.4. The Morgan fingerprint density at radius 2 is 1.42 bits per heavy atom. The Morgan fingerprint density at radius 1 is 1.00 bits per heavy atom. The minimum atomic E-state index is -2.31. The SMILES string of the molecule is CC[Si](NC(N)=O)(c1ccccc1)c1ccccc1. The Labute approximate surface area is 114 Å². The van der Waals surface area contributed by atoms with Gasteiger partial charge in [0.15, 0.2) is 0 Å². The number of carbonyl (C=O) groups is 1. The summed E-state index contributed by atoms with van der Waals surface area (Å²) >= 11 is 0. The Hall–Kier alpha value is -2.07. The third-order valence-corrected chi connectivity index (χ3v) is 7.77. The molecule has 3 nitrogen and oxygen atoms in total. The van der Waals surface area contributed by atoms with Crippen molar-refractivity contribution in [2.45, 2.75) is 13.0 Å². The second kappa shape index (κ2) is 5.71. The first-order valence-electron chi connectivity index (χ1n) is 6.37. The van der Waals surface area contributed by atoms with Crippen LogP contribution in [-0.2, 0) is 0 Å². The molecule has 0 saturated carbocycles. The van der Waals surface area contributed by atoms with E-state index in [1.54, 1.807) is 0 Å². The van der Waals surface area contributed by atoms with Gasteiger partial charge in [0.05, 0.1) is 0 Å². The molecule has 98 valence electrons. The molecule has 2 aromatic rings. The average Bonchev–Trinajstić information content (AvgIpc) is 2.46. The standard InChI is InChI=1S/C15H18N2OSi/c1-2-19(17-15(16)18,13-9-5-3-6-10-13)14-11-7-4-8-12-14/h3-12H,2H2,1H3,(H3,16,17,18). The van der Waals surface area contributed by atoms with Crippen LogP contribution in [0.2, 0.25) is 6.04 Å². The molecule has 0 aliphatic carbocycles. The summed E-state index contributed by atoms with van der Waals surface area (Å²) in [6.07, 6.45) is 0. The third kappa shape index (κ3) is 2.68. The number of rotatable bonds is 4. The van der Waals surface area contributed by atoms with Crippen LogP contribution < -0.4 is 21.1 Å². The van der Waals surface area contributed by atoms with Crippen LogP contribution in [-0.4, -0.2) is 14.3 Å². The topological polar surface area (TPSA) is 55.1 Å². The lowest BCUT2D eigenvalue weighted by Crippen LogP contribution is -2.70. The number of hydrogen-bond acceptors (Lipinski definition) is 1. The van der Waals surface area contributed by atoms with Gasteiger partial charge in [0.25, 0.3) is 0 Å². The zero-order chi connectivity index (χ0) is 13.7. The van der Waals surface area contributed by atoms with E-state index >= 15 is 0 Å². The second-order valence-electron chi connectivity index (χ2n) is 4.48. The van der Waals surface area contributed by atoms with Gasteiger partial charge < -0.3 is 10.7 Å². The van der Waals surface area contributed by atoms with E-state index in [2.05, 4.69) is 36.2 Å². The third-order valence-electron chi connectivity index (χ3n) is 3.40. The molecule has 0 aliphatic heterocycles. The fraction of sp³-hybridized carbons (Fsp3) is 0.133. The van der Waals surface area contributed by atoms with Crippen molar-refractivity contribution in [1.29, 1.82) is 0 Å². The lowest BCUT2D eigenvalue weighted by molar-refractivity contribution is 0.253. The zero-order valence-electron chi connectivity index (χ0n) is 11.0. The first-order valence-corrected chi connectivity index (χ1v) is 8.58. The summed E-state index contributed by atoms with van der Waals surface area (Å²) in [5.41, 5.74) is 5.41. The fourth-order valence-electron chi connectivity index (χ4n) is 2.46. The molecule has 0 radical (unpaired) electrons. The summed E-state index contributed by atoms with van der Waals surface area (Å²) in [5.74, 6) is 0. The van der Waals surface area contributed by atoms with Crippen LogP contribution in [0.1, 0.15) is 6.92 Å². The number of nitrogens with two attached hydrogens (primary N) is 1. The van der Waals surface area contributed by atoms with Crippen molar-refractivity contribution >= 4 is 24.6 Å². The second-order valence-corrected chi connectivity index (χ2v) is 8.40. The van der Waals surface area contributed by atoms with Crippen LogP contribution in [0, 0.1) is 0 Å². The molecule has 2 amide bonds. The summed E-state index contributed by atoms with van der Waals surface area (Å²) in [4.78, 5) is 14.5. The van der Waals surface area contributed by atoms with Crippen LogP contribution in [0.4, 0.5) is 4.79 Å². The number of primary amides is 1. The molecular formula is C15H18N2OSi. The molecule has 0 atom stereocenters. The van der Waals surface area contributed by atoms with E-state index in [0.29, 0.717) is 0 Å².